The van der Waals surface area contributed by atoms with E-state index in [4.69, 9.17) is 4.74 Å². The van der Waals surface area contributed by atoms with E-state index in [1.165, 1.54) is 17.8 Å². The molecule has 0 saturated heterocycles. The third kappa shape index (κ3) is 2.30. The highest BCUT2D eigenvalue weighted by Gasteiger charge is 2.41. The molecule has 3 heteroatoms. The van der Waals surface area contributed by atoms with Gasteiger partial charge in [0.15, 0.2) is 0 Å². The van der Waals surface area contributed by atoms with Gasteiger partial charge in [-0.3, -0.25) is 0 Å². The smallest absolute Gasteiger partial charge is 0.125 e. The summed E-state index contributed by atoms with van der Waals surface area (Å²) in [5, 5.41) is 3.22. The summed E-state index contributed by atoms with van der Waals surface area (Å²) in [6.07, 6.45) is 6.57. The topological polar surface area (TPSA) is 22.1 Å². The van der Waals surface area contributed by atoms with E-state index in [9.17, 15) is 0 Å². The first kappa shape index (κ1) is 12.1. The van der Waals surface area contributed by atoms with Gasteiger partial charge in [-0.25, -0.2) is 4.98 Å². The highest BCUT2D eigenvalue weighted by molar-refractivity contribution is 7.09. The van der Waals surface area contributed by atoms with Crippen LogP contribution in [0.5, 0.6) is 0 Å². The Morgan fingerprint density at radius 1 is 1.31 bits per heavy atom. The maximum Gasteiger partial charge on any atom is 0.125 e. The van der Waals surface area contributed by atoms with E-state index in [1.54, 1.807) is 11.3 Å². The quantitative estimate of drug-likeness (QED) is 0.796. The second-order valence-electron chi connectivity index (χ2n) is 5.43. The van der Waals surface area contributed by atoms with Crippen LogP contribution in [0, 0.1) is 5.41 Å². The molecule has 0 amide bonds. The molecule has 0 aliphatic heterocycles. The lowest BCUT2D eigenvalue weighted by Crippen LogP contribution is -2.37. The summed E-state index contributed by atoms with van der Waals surface area (Å²) < 4.78 is 6.06. The summed E-state index contributed by atoms with van der Waals surface area (Å²) in [4.78, 5) is 4.47. The van der Waals surface area contributed by atoms with Gasteiger partial charge in [-0.15, -0.1) is 11.3 Å². The normalized spacial score (nSPS) is 23.2. The van der Waals surface area contributed by atoms with E-state index < -0.39 is 0 Å². The van der Waals surface area contributed by atoms with Crippen LogP contribution in [0.3, 0.4) is 0 Å². The summed E-state index contributed by atoms with van der Waals surface area (Å²) in [5.74, 6) is 0. The van der Waals surface area contributed by atoms with Crippen molar-refractivity contribution in [2.75, 3.05) is 6.61 Å². The van der Waals surface area contributed by atoms with Crippen molar-refractivity contribution in [3.05, 3.63) is 16.6 Å². The molecule has 0 unspecified atom stereocenters. The third-order valence-corrected chi connectivity index (χ3v) is 4.61. The van der Waals surface area contributed by atoms with Crippen molar-refractivity contribution >= 4 is 11.3 Å². The van der Waals surface area contributed by atoms with E-state index in [0.29, 0.717) is 5.41 Å². The Morgan fingerprint density at radius 3 is 2.50 bits per heavy atom. The fourth-order valence-electron chi connectivity index (χ4n) is 2.48. The van der Waals surface area contributed by atoms with E-state index in [2.05, 4.69) is 31.1 Å². The van der Waals surface area contributed by atoms with Crippen LogP contribution in [0.15, 0.2) is 11.6 Å². The molecular weight excluding hydrogens is 218 g/mol. The van der Waals surface area contributed by atoms with Gasteiger partial charge in [0.25, 0.3) is 0 Å². The molecule has 1 fully saturated rings. The third-order valence-electron chi connectivity index (χ3n) is 3.65. The van der Waals surface area contributed by atoms with Crippen LogP contribution in [-0.2, 0) is 10.3 Å². The Labute approximate surface area is 102 Å². The molecule has 0 bridgehead atoms. The molecule has 0 radical (unpaired) electrons. The zero-order chi connectivity index (χ0) is 11.6. The Kier molecular flexibility index (Phi) is 3.36. The minimum atomic E-state index is -0.0849. The minimum absolute atomic E-state index is 0.0849. The highest BCUT2D eigenvalue weighted by Crippen LogP contribution is 2.47. The number of nitrogens with zero attached hydrogens (tertiary/aromatic N) is 1. The largest absolute Gasteiger partial charge is 0.368 e. The van der Waals surface area contributed by atoms with Gasteiger partial charge in [0.1, 0.15) is 10.6 Å². The molecule has 1 aliphatic rings. The molecule has 0 aromatic carbocycles. The molecule has 1 aromatic rings. The summed E-state index contributed by atoms with van der Waals surface area (Å²) >= 11 is 1.73. The monoisotopic (exact) mass is 239 g/mol. The number of hydrogen-bond donors (Lipinski definition) is 0. The molecule has 1 aromatic heterocycles. The molecular formula is C13H21NOS. The Balaban J connectivity index is 2.19. The van der Waals surface area contributed by atoms with Crippen molar-refractivity contribution in [3.63, 3.8) is 0 Å². The van der Waals surface area contributed by atoms with Crippen LogP contribution in [0.25, 0.3) is 0 Å². The predicted octanol–water partition coefficient (Wildman–Crippen LogP) is 3.98. The SMILES string of the molecule is CCOC1(c2nccs2)CCC(C)(C)CC1. The molecule has 0 atom stereocenters. The number of aromatic nitrogens is 1. The Bertz CT molecular complexity index is 322. The van der Waals surface area contributed by atoms with E-state index >= 15 is 0 Å². The summed E-state index contributed by atoms with van der Waals surface area (Å²) in [6, 6.07) is 0. The average molecular weight is 239 g/mol. The van der Waals surface area contributed by atoms with Crippen LogP contribution in [0.1, 0.15) is 51.5 Å². The van der Waals surface area contributed by atoms with Crippen molar-refractivity contribution < 1.29 is 4.74 Å². The lowest BCUT2D eigenvalue weighted by molar-refractivity contribution is -0.0890. The van der Waals surface area contributed by atoms with Crippen LogP contribution in [0.2, 0.25) is 0 Å². The fourth-order valence-corrected chi connectivity index (χ4v) is 3.33. The van der Waals surface area contributed by atoms with E-state index in [0.717, 1.165) is 19.4 Å². The Hall–Kier alpha value is -0.410. The first-order chi connectivity index (χ1) is 7.58. The number of rotatable bonds is 3. The van der Waals surface area contributed by atoms with Crippen molar-refractivity contribution in [2.45, 2.75) is 52.1 Å². The molecule has 0 spiro atoms. The minimum Gasteiger partial charge on any atom is -0.368 e. The highest BCUT2D eigenvalue weighted by atomic mass is 32.1. The zero-order valence-corrected chi connectivity index (χ0v) is 11.3. The molecule has 90 valence electrons. The standard InChI is InChI=1S/C13H21NOS/c1-4-15-13(11-14-9-10-16-11)7-5-12(2,3)6-8-13/h9-10H,4-8H2,1-3H3. The average Bonchev–Trinajstić information content (AvgIpc) is 2.76. The predicted molar refractivity (Wildman–Crippen MR) is 67.7 cm³/mol. The van der Waals surface area contributed by atoms with Crippen molar-refractivity contribution in [2.24, 2.45) is 5.41 Å². The van der Waals surface area contributed by atoms with Gasteiger partial charge in [-0.2, -0.15) is 0 Å². The van der Waals surface area contributed by atoms with Gasteiger partial charge >= 0.3 is 0 Å². The van der Waals surface area contributed by atoms with Crippen molar-refractivity contribution in [1.29, 1.82) is 0 Å². The van der Waals surface area contributed by atoms with Gasteiger partial charge in [0, 0.05) is 18.2 Å². The van der Waals surface area contributed by atoms with Crippen molar-refractivity contribution in [3.8, 4) is 0 Å². The van der Waals surface area contributed by atoms with E-state index in [-0.39, 0.29) is 5.60 Å². The maximum absolute atomic E-state index is 6.06. The van der Waals surface area contributed by atoms with Crippen LogP contribution in [0.4, 0.5) is 0 Å². The number of ether oxygens (including phenoxy) is 1. The first-order valence-electron chi connectivity index (χ1n) is 6.12. The Morgan fingerprint density at radius 2 is 2.00 bits per heavy atom. The molecule has 0 N–H and O–H groups in total. The van der Waals surface area contributed by atoms with Gasteiger partial charge in [0.2, 0.25) is 0 Å². The van der Waals surface area contributed by atoms with Crippen LogP contribution < -0.4 is 0 Å². The maximum atomic E-state index is 6.06. The van der Waals surface area contributed by atoms with Gasteiger partial charge < -0.3 is 4.74 Å². The number of hydrogen-bond acceptors (Lipinski definition) is 3. The van der Waals surface area contributed by atoms with Crippen LogP contribution >= 0.6 is 11.3 Å². The second-order valence-corrected chi connectivity index (χ2v) is 6.32. The first-order valence-corrected chi connectivity index (χ1v) is 7.00. The second kappa shape index (κ2) is 4.46. The molecule has 16 heavy (non-hydrogen) atoms. The molecule has 1 heterocycles. The van der Waals surface area contributed by atoms with Gasteiger partial charge in [-0.05, 0) is 38.0 Å². The van der Waals surface area contributed by atoms with Gasteiger partial charge in [-0.1, -0.05) is 13.8 Å². The molecule has 1 aliphatic carbocycles. The lowest BCUT2D eigenvalue weighted by Gasteiger charge is -2.42. The molecule has 2 nitrogen and oxygen atoms in total. The summed E-state index contributed by atoms with van der Waals surface area (Å²) in [5.41, 5.74) is 0.385. The molecule has 1 saturated carbocycles. The van der Waals surface area contributed by atoms with Gasteiger partial charge in [0.05, 0.1) is 0 Å². The van der Waals surface area contributed by atoms with Crippen molar-refractivity contribution in [1.82, 2.24) is 4.98 Å². The van der Waals surface area contributed by atoms with E-state index in [1.807, 2.05) is 6.20 Å². The zero-order valence-electron chi connectivity index (χ0n) is 10.5. The molecule has 2 rings (SSSR count). The lowest BCUT2D eigenvalue weighted by atomic mass is 9.71. The summed E-state index contributed by atoms with van der Waals surface area (Å²) in [6.45, 7) is 7.56. The summed E-state index contributed by atoms with van der Waals surface area (Å²) in [7, 11) is 0. The fraction of sp³-hybridized carbons (Fsp3) is 0.769. The van der Waals surface area contributed by atoms with Crippen LogP contribution in [-0.4, -0.2) is 11.6 Å². The number of thiazole rings is 1.